The van der Waals surface area contributed by atoms with Crippen LogP contribution in [0.25, 0.3) is 16.0 Å². The molecule has 3 aromatic carbocycles. The van der Waals surface area contributed by atoms with Crippen LogP contribution in [-0.4, -0.2) is 40.6 Å². The number of halogens is 1. The Bertz CT molecular complexity index is 1560. The zero-order valence-corrected chi connectivity index (χ0v) is 20.6. The average Bonchev–Trinajstić information content (AvgIpc) is 3.43. The van der Waals surface area contributed by atoms with E-state index < -0.39 is 29.3 Å². The van der Waals surface area contributed by atoms with E-state index in [2.05, 4.69) is 4.98 Å². The summed E-state index contributed by atoms with van der Waals surface area (Å²) in [6.07, 6.45) is 0. The smallest absolute Gasteiger partial charge is 0.301 e. The number of hydrogen-bond acceptors (Lipinski definition) is 8. The van der Waals surface area contributed by atoms with E-state index in [-0.39, 0.29) is 34.4 Å². The van der Waals surface area contributed by atoms with Crippen molar-refractivity contribution in [2.75, 3.05) is 18.6 Å². The average molecular weight is 521 g/mol. The van der Waals surface area contributed by atoms with Crippen molar-refractivity contribution in [1.82, 2.24) is 4.98 Å². The molecule has 0 saturated carbocycles. The van der Waals surface area contributed by atoms with Gasteiger partial charge in [0, 0.05) is 5.56 Å². The Labute approximate surface area is 214 Å². The van der Waals surface area contributed by atoms with Crippen molar-refractivity contribution >= 4 is 44.1 Å². The summed E-state index contributed by atoms with van der Waals surface area (Å²) in [5.41, 5.74) is 0.977. The minimum atomic E-state index is -1.09. The Morgan fingerprint density at radius 1 is 1.11 bits per heavy atom. The van der Waals surface area contributed by atoms with Gasteiger partial charge in [-0.15, -0.1) is 0 Å². The van der Waals surface area contributed by atoms with E-state index >= 15 is 0 Å². The summed E-state index contributed by atoms with van der Waals surface area (Å²) in [7, 11) is 1.54. The number of aliphatic hydroxyl groups excluding tert-OH is 1. The minimum Gasteiger partial charge on any atom is -0.507 e. The molecule has 8 nitrogen and oxygen atoms in total. The highest BCUT2D eigenvalue weighted by Gasteiger charge is 2.48. The maximum atomic E-state index is 13.5. The number of Topliss-reactive ketones (excluding diaryl/α,β-unsaturated/α-hetero) is 1. The van der Waals surface area contributed by atoms with Crippen LogP contribution in [0.5, 0.6) is 17.2 Å². The number of anilines is 1. The molecule has 1 amide bonds. The highest BCUT2D eigenvalue weighted by atomic mass is 32.1. The molecule has 1 unspecified atom stereocenters. The molecule has 1 aliphatic rings. The molecule has 188 valence electrons. The number of aliphatic hydroxyl groups is 1. The molecule has 10 heteroatoms. The predicted molar refractivity (Wildman–Crippen MR) is 137 cm³/mol. The van der Waals surface area contributed by atoms with Crippen LogP contribution in [-0.2, 0) is 9.59 Å². The minimum absolute atomic E-state index is 0.117. The number of nitrogens with zero attached hydrogens (tertiary/aromatic N) is 2. The van der Waals surface area contributed by atoms with Gasteiger partial charge in [-0.2, -0.15) is 0 Å². The molecule has 1 saturated heterocycles. The number of carbonyl (C=O) groups is 2. The third kappa shape index (κ3) is 4.25. The van der Waals surface area contributed by atoms with Crippen LogP contribution in [0, 0.1) is 5.82 Å². The first kappa shape index (κ1) is 24.3. The van der Waals surface area contributed by atoms with Gasteiger partial charge in [-0.25, -0.2) is 9.37 Å². The molecule has 1 aromatic heterocycles. The molecule has 1 atom stereocenters. The fourth-order valence-corrected chi connectivity index (χ4v) is 5.22. The van der Waals surface area contributed by atoms with Gasteiger partial charge < -0.3 is 19.7 Å². The lowest BCUT2D eigenvalue weighted by molar-refractivity contribution is -0.132. The molecule has 0 aliphatic carbocycles. The molecular formula is C27H21FN2O6S. The van der Waals surface area contributed by atoms with Crippen LogP contribution in [0.2, 0.25) is 0 Å². The maximum absolute atomic E-state index is 13.5. The van der Waals surface area contributed by atoms with E-state index in [4.69, 9.17) is 9.47 Å². The standard InChI is InChI=1S/C27H21FN2O6S/c1-3-36-20-12-15(6-11-19(20)31)23-22(24(32)14-4-7-16(28)8-5-14)25(33)26(34)30(23)27-29-18-10-9-17(35-2)13-21(18)37-27/h4-13,23,31-32H,3H2,1-2H3. The first-order valence-corrected chi connectivity index (χ1v) is 12.1. The van der Waals surface area contributed by atoms with Crippen LogP contribution in [0.3, 0.4) is 0 Å². The fraction of sp³-hybridized carbons (Fsp3) is 0.148. The lowest BCUT2D eigenvalue weighted by atomic mass is 9.95. The largest absolute Gasteiger partial charge is 0.507 e. The summed E-state index contributed by atoms with van der Waals surface area (Å²) in [6.45, 7) is 2.02. The van der Waals surface area contributed by atoms with Gasteiger partial charge in [0.25, 0.3) is 5.78 Å². The molecule has 1 aliphatic heterocycles. The fourth-order valence-electron chi connectivity index (χ4n) is 4.20. The molecule has 0 spiro atoms. The van der Waals surface area contributed by atoms with Crippen molar-refractivity contribution in [2.24, 2.45) is 0 Å². The Kier molecular flexibility index (Phi) is 6.26. The number of hydrogen-bond donors (Lipinski definition) is 2. The molecule has 2 heterocycles. The second-order valence-corrected chi connectivity index (χ2v) is 9.18. The molecule has 0 bridgehead atoms. The Morgan fingerprint density at radius 3 is 2.57 bits per heavy atom. The first-order valence-electron chi connectivity index (χ1n) is 11.3. The molecule has 5 rings (SSSR count). The zero-order chi connectivity index (χ0) is 26.3. The Morgan fingerprint density at radius 2 is 1.86 bits per heavy atom. The second kappa shape index (κ2) is 9.55. The number of ketones is 1. The lowest BCUT2D eigenvalue weighted by Gasteiger charge is -2.23. The SMILES string of the molecule is CCOc1cc(C2C(=C(O)c3ccc(F)cc3)C(=O)C(=O)N2c2nc3ccc(OC)cc3s2)ccc1O. The number of phenols is 1. The summed E-state index contributed by atoms with van der Waals surface area (Å²) in [5, 5.41) is 21.6. The van der Waals surface area contributed by atoms with E-state index in [0.29, 0.717) is 16.8 Å². The molecule has 4 aromatic rings. The highest BCUT2D eigenvalue weighted by Crippen LogP contribution is 2.46. The summed E-state index contributed by atoms with van der Waals surface area (Å²) in [4.78, 5) is 32.5. The normalized spacial score (nSPS) is 16.9. The maximum Gasteiger partial charge on any atom is 0.301 e. The Balaban J connectivity index is 1.73. The van der Waals surface area contributed by atoms with Gasteiger partial charge in [-0.1, -0.05) is 17.4 Å². The molecular weight excluding hydrogens is 499 g/mol. The van der Waals surface area contributed by atoms with E-state index in [1.165, 1.54) is 53.7 Å². The number of rotatable bonds is 6. The third-order valence-electron chi connectivity index (χ3n) is 5.95. The number of carbonyl (C=O) groups excluding carboxylic acids is 2. The lowest BCUT2D eigenvalue weighted by Crippen LogP contribution is -2.29. The van der Waals surface area contributed by atoms with Crippen molar-refractivity contribution < 1.29 is 33.7 Å². The quantitative estimate of drug-likeness (QED) is 0.205. The molecule has 2 N–H and O–H groups in total. The number of aromatic nitrogens is 1. The van der Waals surface area contributed by atoms with Crippen molar-refractivity contribution in [1.29, 1.82) is 0 Å². The number of fused-ring (bicyclic) bond motifs is 1. The summed E-state index contributed by atoms with van der Waals surface area (Å²) in [5.74, 6) is -2.13. The molecule has 37 heavy (non-hydrogen) atoms. The van der Waals surface area contributed by atoms with Crippen LogP contribution in [0.1, 0.15) is 24.1 Å². The van der Waals surface area contributed by atoms with Gasteiger partial charge in [-0.3, -0.25) is 14.5 Å². The summed E-state index contributed by atoms with van der Waals surface area (Å²) >= 11 is 1.18. The number of amides is 1. The van der Waals surface area contributed by atoms with Gasteiger partial charge in [0.2, 0.25) is 0 Å². The summed E-state index contributed by atoms with van der Waals surface area (Å²) < 4.78 is 25.0. The van der Waals surface area contributed by atoms with Crippen LogP contribution >= 0.6 is 11.3 Å². The van der Waals surface area contributed by atoms with Gasteiger partial charge in [0.1, 0.15) is 17.3 Å². The predicted octanol–water partition coefficient (Wildman–Crippen LogP) is 5.17. The number of thiazole rings is 1. The first-order chi connectivity index (χ1) is 17.8. The summed E-state index contributed by atoms with van der Waals surface area (Å²) in [6, 6.07) is 13.5. The van der Waals surface area contributed by atoms with Crippen LogP contribution in [0.15, 0.2) is 66.2 Å². The highest BCUT2D eigenvalue weighted by molar-refractivity contribution is 7.22. The van der Waals surface area contributed by atoms with Crippen LogP contribution < -0.4 is 14.4 Å². The topological polar surface area (TPSA) is 109 Å². The number of benzene rings is 3. The molecule has 1 fully saturated rings. The van der Waals surface area contributed by atoms with Crippen molar-refractivity contribution in [3.05, 3.63) is 83.2 Å². The van der Waals surface area contributed by atoms with E-state index in [9.17, 15) is 24.2 Å². The number of phenolic OH excluding ortho intramolecular Hbond substituents is 1. The number of methoxy groups -OCH3 is 1. The van der Waals surface area contributed by atoms with Crippen molar-refractivity contribution in [3.63, 3.8) is 0 Å². The zero-order valence-electron chi connectivity index (χ0n) is 19.8. The second-order valence-electron chi connectivity index (χ2n) is 8.17. The van der Waals surface area contributed by atoms with Gasteiger partial charge in [-0.05, 0) is 67.1 Å². The number of ether oxygens (including phenoxy) is 2. The monoisotopic (exact) mass is 520 g/mol. The number of aromatic hydroxyl groups is 1. The Hall–Kier alpha value is -4.44. The van der Waals surface area contributed by atoms with Gasteiger partial charge >= 0.3 is 5.91 Å². The van der Waals surface area contributed by atoms with E-state index in [0.717, 1.165) is 16.8 Å². The van der Waals surface area contributed by atoms with Gasteiger partial charge in [0.05, 0.1) is 35.5 Å². The third-order valence-corrected chi connectivity index (χ3v) is 6.97. The van der Waals surface area contributed by atoms with Crippen molar-refractivity contribution in [2.45, 2.75) is 13.0 Å². The van der Waals surface area contributed by atoms with E-state index in [1.807, 2.05) is 0 Å². The molecule has 0 radical (unpaired) electrons. The van der Waals surface area contributed by atoms with Crippen LogP contribution in [0.4, 0.5) is 9.52 Å². The van der Waals surface area contributed by atoms with E-state index in [1.54, 1.807) is 25.1 Å². The van der Waals surface area contributed by atoms with Gasteiger partial charge in [0.15, 0.2) is 16.6 Å². The van der Waals surface area contributed by atoms with Crippen molar-refractivity contribution in [3.8, 4) is 17.2 Å².